The summed E-state index contributed by atoms with van der Waals surface area (Å²) in [6.45, 7) is 2.14. The second kappa shape index (κ2) is 3.25. The fourth-order valence-corrected chi connectivity index (χ4v) is 0.928. The van der Waals surface area contributed by atoms with Crippen molar-refractivity contribution in [2.24, 2.45) is 5.73 Å². The van der Waals surface area contributed by atoms with Crippen LogP contribution in [0.1, 0.15) is 19.8 Å². The number of hydrogen-bond acceptors (Lipinski definition) is 1. The van der Waals surface area contributed by atoms with Crippen molar-refractivity contribution in [3.05, 3.63) is 35.6 Å². The lowest BCUT2D eigenvalue weighted by atomic mass is 10.1. The molecule has 0 bridgehead atoms. The van der Waals surface area contributed by atoms with Gasteiger partial charge in [0.25, 0.3) is 0 Å². The zero-order valence-corrected chi connectivity index (χ0v) is 6.30. The molecule has 0 amide bonds. The smallest absolute Gasteiger partial charge is 0.0273 e. The molecule has 0 fully saturated rings. The van der Waals surface area contributed by atoms with Crippen LogP contribution in [-0.2, 0) is 0 Å². The van der Waals surface area contributed by atoms with Crippen LogP contribution >= 0.6 is 0 Å². The van der Waals surface area contributed by atoms with E-state index in [9.17, 15) is 0 Å². The van der Waals surface area contributed by atoms with Crippen molar-refractivity contribution >= 4 is 0 Å². The minimum atomic E-state index is 0.878. The van der Waals surface area contributed by atoms with Gasteiger partial charge in [-0.1, -0.05) is 23.8 Å². The van der Waals surface area contributed by atoms with E-state index in [2.05, 4.69) is 19.1 Å². The molecular weight excluding hydrogens is 122 g/mol. The normalized spacial score (nSPS) is 29.3. The summed E-state index contributed by atoms with van der Waals surface area (Å²) in [5, 5.41) is 0. The van der Waals surface area contributed by atoms with E-state index in [-0.39, 0.29) is 0 Å². The minimum absolute atomic E-state index is 0.878. The van der Waals surface area contributed by atoms with Crippen molar-refractivity contribution in [1.29, 1.82) is 0 Å². The summed E-state index contributed by atoms with van der Waals surface area (Å²) in [4.78, 5) is 0. The molecule has 1 nitrogen and oxygen atoms in total. The Hall–Kier alpha value is -0.980. The Kier molecular flexibility index (Phi) is 2.32. The van der Waals surface area contributed by atoms with E-state index in [1.165, 1.54) is 5.57 Å². The van der Waals surface area contributed by atoms with Crippen molar-refractivity contribution in [3.63, 3.8) is 0 Å². The van der Waals surface area contributed by atoms with Gasteiger partial charge in [0.15, 0.2) is 0 Å². The predicted molar refractivity (Wildman–Crippen MR) is 44.4 cm³/mol. The first-order valence-corrected chi connectivity index (χ1v) is 3.57. The second-order valence-electron chi connectivity index (χ2n) is 2.60. The van der Waals surface area contributed by atoms with Crippen LogP contribution < -0.4 is 5.73 Å². The van der Waals surface area contributed by atoms with E-state index in [1.807, 2.05) is 12.2 Å². The van der Waals surface area contributed by atoms with Crippen molar-refractivity contribution in [2.45, 2.75) is 19.8 Å². The van der Waals surface area contributed by atoms with E-state index in [1.54, 1.807) is 0 Å². The fraction of sp³-hybridized carbons (Fsp3) is 0.333. The van der Waals surface area contributed by atoms with Crippen LogP contribution in [0.15, 0.2) is 35.6 Å². The molecule has 0 aliphatic heterocycles. The highest BCUT2D eigenvalue weighted by Crippen LogP contribution is 2.07. The highest BCUT2D eigenvalue weighted by molar-refractivity contribution is 5.21. The molecule has 1 heteroatoms. The summed E-state index contributed by atoms with van der Waals surface area (Å²) in [6, 6.07) is 0. The van der Waals surface area contributed by atoms with E-state index < -0.39 is 0 Å². The summed E-state index contributed by atoms with van der Waals surface area (Å²) in [7, 11) is 0. The predicted octanol–water partition coefficient (Wildman–Crippen LogP) is 2.13. The minimum Gasteiger partial charge on any atom is -0.399 e. The Morgan fingerprint density at radius 1 is 1.40 bits per heavy atom. The second-order valence-corrected chi connectivity index (χ2v) is 2.60. The molecule has 54 valence electrons. The van der Waals surface area contributed by atoms with Crippen LogP contribution in [0, 0.1) is 0 Å². The van der Waals surface area contributed by atoms with Gasteiger partial charge in [0.1, 0.15) is 0 Å². The third-order valence-corrected chi connectivity index (χ3v) is 1.57. The maximum atomic E-state index is 5.59. The lowest BCUT2D eigenvalue weighted by Crippen LogP contribution is -1.93. The Morgan fingerprint density at radius 2 is 2.20 bits per heavy atom. The first-order valence-electron chi connectivity index (χ1n) is 3.57. The lowest BCUT2D eigenvalue weighted by molar-refractivity contribution is 1.14. The van der Waals surface area contributed by atoms with Crippen LogP contribution in [0.2, 0.25) is 0 Å². The molecule has 1 aliphatic carbocycles. The molecule has 0 atom stereocenters. The van der Waals surface area contributed by atoms with E-state index in [0.29, 0.717) is 0 Å². The molecular formula is C9H13N. The van der Waals surface area contributed by atoms with Crippen LogP contribution in [-0.4, -0.2) is 0 Å². The Balaban J connectivity index is 2.70. The Labute approximate surface area is 61.9 Å². The first kappa shape index (κ1) is 7.13. The summed E-state index contributed by atoms with van der Waals surface area (Å²) < 4.78 is 0. The molecule has 1 rings (SSSR count). The summed E-state index contributed by atoms with van der Waals surface area (Å²) in [5.41, 5.74) is 7.89. The van der Waals surface area contributed by atoms with Gasteiger partial charge in [-0.3, -0.25) is 0 Å². The monoisotopic (exact) mass is 135 g/mol. The number of rotatable bonds is 0. The maximum Gasteiger partial charge on any atom is 0.0273 e. The standard InChI is InChI=1S/C9H13N/c1-8-4-2-6-9(10)7-3-5-8/h2,5-7H,3-4,10H2,1H3/b6-2?,8-5-,9-7+. The topological polar surface area (TPSA) is 26.0 Å². The van der Waals surface area contributed by atoms with Crippen molar-refractivity contribution in [2.75, 3.05) is 0 Å². The molecule has 0 radical (unpaired) electrons. The van der Waals surface area contributed by atoms with Gasteiger partial charge in [0, 0.05) is 5.70 Å². The molecule has 0 spiro atoms. The van der Waals surface area contributed by atoms with Gasteiger partial charge in [-0.05, 0) is 25.8 Å². The highest BCUT2D eigenvalue weighted by atomic mass is 14.5. The van der Waals surface area contributed by atoms with Crippen LogP contribution in [0.4, 0.5) is 0 Å². The molecule has 0 saturated carbocycles. The number of hydrogen-bond donors (Lipinski definition) is 1. The van der Waals surface area contributed by atoms with E-state index >= 15 is 0 Å². The molecule has 0 saturated heterocycles. The van der Waals surface area contributed by atoms with Gasteiger partial charge >= 0.3 is 0 Å². The molecule has 0 aromatic rings. The Bertz CT molecular complexity index is 197. The van der Waals surface area contributed by atoms with Crippen molar-refractivity contribution in [3.8, 4) is 0 Å². The molecule has 0 aromatic heterocycles. The van der Waals surface area contributed by atoms with Crippen LogP contribution in [0.25, 0.3) is 0 Å². The molecule has 10 heavy (non-hydrogen) atoms. The zero-order valence-electron chi connectivity index (χ0n) is 6.30. The van der Waals surface area contributed by atoms with Gasteiger partial charge in [0.05, 0.1) is 0 Å². The van der Waals surface area contributed by atoms with E-state index in [4.69, 9.17) is 5.73 Å². The number of allylic oxidation sites excluding steroid dienone is 5. The third-order valence-electron chi connectivity index (χ3n) is 1.57. The van der Waals surface area contributed by atoms with Gasteiger partial charge in [-0.25, -0.2) is 0 Å². The highest BCUT2D eigenvalue weighted by Gasteiger charge is 1.89. The van der Waals surface area contributed by atoms with Crippen molar-refractivity contribution in [1.82, 2.24) is 0 Å². The van der Waals surface area contributed by atoms with Crippen LogP contribution in [0.5, 0.6) is 0 Å². The molecule has 0 unspecified atom stereocenters. The fourth-order valence-electron chi connectivity index (χ4n) is 0.928. The van der Waals surface area contributed by atoms with E-state index in [0.717, 1.165) is 18.5 Å². The number of nitrogens with two attached hydrogens (primary N) is 1. The van der Waals surface area contributed by atoms with Crippen molar-refractivity contribution < 1.29 is 0 Å². The largest absolute Gasteiger partial charge is 0.399 e. The van der Waals surface area contributed by atoms with Gasteiger partial charge in [-0.15, -0.1) is 0 Å². The molecule has 0 aromatic carbocycles. The average molecular weight is 135 g/mol. The Morgan fingerprint density at radius 3 is 3.00 bits per heavy atom. The quantitative estimate of drug-likeness (QED) is 0.506. The van der Waals surface area contributed by atoms with Gasteiger partial charge < -0.3 is 5.73 Å². The average Bonchev–Trinajstić information content (AvgIpc) is 1.84. The SMILES string of the molecule is C/C1=C/C/C=C(/N)C=CC1. The zero-order chi connectivity index (χ0) is 7.40. The molecule has 1 aliphatic rings. The maximum absolute atomic E-state index is 5.59. The third kappa shape index (κ3) is 2.09. The first-order chi connectivity index (χ1) is 4.79. The summed E-state index contributed by atoms with van der Waals surface area (Å²) >= 11 is 0. The summed E-state index contributed by atoms with van der Waals surface area (Å²) in [5.74, 6) is 0. The van der Waals surface area contributed by atoms with Crippen LogP contribution in [0.3, 0.4) is 0 Å². The lowest BCUT2D eigenvalue weighted by Gasteiger charge is -1.99. The van der Waals surface area contributed by atoms with Gasteiger partial charge in [-0.2, -0.15) is 0 Å². The van der Waals surface area contributed by atoms with Gasteiger partial charge in [0.2, 0.25) is 0 Å². The summed E-state index contributed by atoms with van der Waals surface area (Å²) in [6.07, 6.45) is 10.3. The molecule has 2 N–H and O–H groups in total. The molecule has 0 heterocycles.